The highest BCUT2D eigenvalue weighted by Gasteiger charge is 2.20. The van der Waals surface area contributed by atoms with E-state index in [9.17, 15) is 9.18 Å². The Morgan fingerprint density at radius 1 is 1.53 bits per heavy atom. The standard InChI is InChI=1S/C11H13FN2O/c1-7-2-3-9(10(12)4-7)11(15)14-8-5-13-6-8/h2-4,8,13H,5-6H2,1H3,(H,14,15). The molecule has 1 aromatic rings. The van der Waals surface area contributed by atoms with Crippen LogP contribution in [0, 0.1) is 12.7 Å². The zero-order chi connectivity index (χ0) is 10.8. The number of benzene rings is 1. The largest absolute Gasteiger partial charge is 0.347 e. The maximum absolute atomic E-state index is 13.4. The number of amides is 1. The maximum atomic E-state index is 13.4. The number of rotatable bonds is 2. The van der Waals surface area contributed by atoms with Gasteiger partial charge in [0, 0.05) is 13.1 Å². The molecule has 1 aliphatic rings. The Hall–Kier alpha value is -1.42. The first-order valence-electron chi connectivity index (χ1n) is 4.94. The first-order chi connectivity index (χ1) is 7.16. The molecule has 0 aromatic heterocycles. The van der Waals surface area contributed by atoms with E-state index in [4.69, 9.17) is 0 Å². The lowest BCUT2D eigenvalue weighted by Gasteiger charge is -2.27. The molecule has 15 heavy (non-hydrogen) atoms. The summed E-state index contributed by atoms with van der Waals surface area (Å²) >= 11 is 0. The van der Waals surface area contributed by atoms with Crippen molar-refractivity contribution in [2.45, 2.75) is 13.0 Å². The van der Waals surface area contributed by atoms with Crippen molar-refractivity contribution in [2.24, 2.45) is 0 Å². The van der Waals surface area contributed by atoms with Gasteiger partial charge < -0.3 is 10.6 Å². The van der Waals surface area contributed by atoms with Gasteiger partial charge in [-0.05, 0) is 24.6 Å². The van der Waals surface area contributed by atoms with Gasteiger partial charge >= 0.3 is 0 Å². The highest BCUT2D eigenvalue weighted by molar-refractivity contribution is 5.94. The van der Waals surface area contributed by atoms with Crippen molar-refractivity contribution < 1.29 is 9.18 Å². The van der Waals surface area contributed by atoms with Crippen LogP contribution in [0.4, 0.5) is 4.39 Å². The Morgan fingerprint density at radius 3 is 2.80 bits per heavy atom. The lowest BCUT2D eigenvalue weighted by molar-refractivity contribution is 0.0920. The second-order valence-electron chi connectivity index (χ2n) is 3.81. The van der Waals surface area contributed by atoms with Crippen LogP contribution in [0.25, 0.3) is 0 Å². The van der Waals surface area contributed by atoms with E-state index in [1.807, 2.05) is 0 Å². The lowest BCUT2D eigenvalue weighted by Crippen LogP contribution is -2.57. The number of hydrogen-bond acceptors (Lipinski definition) is 2. The molecule has 2 N–H and O–H groups in total. The van der Waals surface area contributed by atoms with E-state index in [1.54, 1.807) is 13.0 Å². The number of nitrogens with one attached hydrogen (secondary N) is 2. The topological polar surface area (TPSA) is 41.1 Å². The number of halogens is 1. The fraction of sp³-hybridized carbons (Fsp3) is 0.364. The van der Waals surface area contributed by atoms with Crippen molar-refractivity contribution >= 4 is 5.91 Å². The van der Waals surface area contributed by atoms with Crippen molar-refractivity contribution in [3.8, 4) is 0 Å². The molecule has 0 atom stereocenters. The Labute approximate surface area is 87.7 Å². The van der Waals surface area contributed by atoms with Crippen LogP contribution >= 0.6 is 0 Å². The molecule has 1 fully saturated rings. The van der Waals surface area contributed by atoms with E-state index in [2.05, 4.69) is 10.6 Å². The van der Waals surface area contributed by atoms with E-state index < -0.39 is 5.82 Å². The van der Waals surface area contributed by atoms with Gasteiger partial charge in [-0.2, -0.15) is 0 Å². The molecule has 0 saturated carbocycles. The fourth-order valence-electron chi connectivity index (χ4n) is 1.46. The molecule has 3 nitrogen and oxygen atoms in total. The van der Waals surface area contributed by atoms with Gasteiger partial charge in [-0.3, -0.25) is 4.79 Å². The predicted molar refractivity (Wildman–Crippen MR) is 55.3 cm³/mol. The molecular weight excluding hydrogens is 195 g/mol. The monoisotopic (exact) mass is 208 g/mol. The lowest BCUT2D eigenvalue weighted by atomic mass is 10.1. The van der Waals surface area contributed by atoms with Gasteiger partial charge in [-0.1, -0.05) is 6.07 Å². The number of aryl methyl sites for hydroxylation is 1. The van der Waals surface area contributed by atoms with Crippen LogP contribution in [0.2, 0.25) is 0 Å². The smallest absolute Gasteiger partial charge is 0.254 e. The Kier molecular flexibility index (Phi) is 2.68. The summed E-state index contributed by atoms with van der Waals surface area (Å²) in [6, 6.07) is 4.76. The van der Waals surface area contributed by atoms with Crippen molar-refractivity contribution in [3.63, 3.8) is 0 Å². The Bertz CT molecular complexity index is 388. The third-order valence-corrected chi connectivity index (χ3v) is 2.49. The molecule has 80 valence electrons. The maximum Gasteiger partial charge on any atom is 0.254 e. The summed E-state index contributed by atoms with van der Waals surface area (Å²) in [6.07, 6.45) is 0. The zero-order valence-electron chi connectivity index (χ0n) is 8.51. The van der Waals surface area contributed by atoms with E-state index in [0.29, 0.717) is 0 Å². The van der Waals surface area contributed by atoms with Crippen LogP contribution in [0.3, 0.4) is 0 Å². The van der Waals surface area contributed by atoms with Crippen LogP contribution in [-0.4, -0.2) is 25.0 Å². The van der Waals surface area contributed by atoms with Gasteiger partial charge in [-0.25, -0.2) is 4.39 Å². The highest BCUT2D eigenvalue weighted by Crippen LogP contribution is 2.10. The molecule has 0 radical (unpaired) electrons. The van der Waals surface area contributed by atoms with Gasteiger partial charge in [0.25, 0.3) is 5.91 Å². The van der Waals surface area contributed by atoms with Crippen LogP contribution in [-0.2, 0) is 0 Å². The van der Waals surface area contributed by atoms with Crippen molar-refractivity contribution in [2.75, 3.05) is 13.1 Å². The molecule has 2 rings (SSSR count). The minimum absolute atomic E-state index is 0.118. The fourth-order valence-corrected chi connectivity index (χ4v) is 1.46. The second kappa shape index (κ2) is 3.98. The molecule has 1 saturated heterocycles. The van der Waals surface area contributed by atoms with Crippen molar-refractivity contribution in [1.29, 1.82) is 0 Å². The molecule has 1 amide bonds. The van der Waals surface area contributed by atoms with Crippen LogP contribution in [0.1, 0.15) is 15.9 Å². The van der Waals surface area contributed by atoms with Crippen molar-refractivity contribution in [3.05, 3.63) is 35.1 Å². The Balaban J connectivity index is 2.10. The minimum Gasteiger partial charge on any atom is -0.347 e. The predicted octanol–water partition coefficient (Wildman–Crippen LogP) is 0.836. The highest BCUT2D eigenvalue weighted by atomic mass is 19.1. The summed E-state index contributed by atoms with van der Waals surface area (Å²) in [7, 11) is 0. The second-order valence-corrected chi connectivity index (χ2v) is 3.81. The van der Waals surface area contributed by atoms with Gasteiger partial charge in [-0.15, -0.1) is 0 Å². The minimum atomic E-state index is -0.459. The quantitative estimate of drug-likeness (QED) is 0.756. The molecule has 0 spiro atoms. The van der Waals surface area contributed by atoms with E-state index in [1.165, 1.54) is 12.1 Å². The van der Waals surface area contributed by atoms with Gasteiger partial charge in [0.15, 0.2) is 0 Å². The van der Waals surface area contributed by atoms with Gasteiger partial charge in [0.1, 0.15) is 5.82 Å². The first-order valence-corrected chi connectivity index (χ1v) is 4.94. The first kappa shape index (κ1) is 10.1. The number of carbonyl (C=O) groups excluding carboxylic acids is 1. The van der Waals surface area contributed by atoms with Crippen molar-refractivity contribution in [1.82, 2.24) is 10.6 Å². The average Bonchev–Trinajstić information content (AvgIpc) is 2.11. The average molecular weight is 208 g/mol. The molecular formula is C11H13FN2O. The summed E-state index contributed by atoms with van der Waals surface area (Å²) in [4.78, 5) is 11.6. The summed E-state index contributed by atoms with van der Waals surface area (Å²) in [6.45, 7) is 3.32. The molecule has 0 unspecified atom stereocenters. The normalized spacial score (nSPS) is 15.9. The SMILES string of the molecule is Cc1ccc(C(=O)NC2CNC2)c(F)c1. The summed E-state index contributed by atoms with van der Waals surface area (Å²) in [5, 5.41) is 5.78. The van der Waals surface area contributed by atoms with Gasteiger partial charge in [0.05, 0.1) is 11.6 Å². The zero-order valence-corrected chi connectivity index (χ0v) is 8.51. The summed E-state index contributed by atoms with van der Waals surface area (Å²) in [5.74, 6) is -0.793. The molecule has 0 bridgehead atoms. The summed E-state index contributed by atoms with van der Waals surface area (Å²) in [5.41, 5.74) is 0.932. The third-order valence-electron chi connectivity index (χ3n) is 2.49. The van der Waals surface area contributed by atoms with E-state index >= 15 is 0 Å². The molecule has 1 heterocycles. The third kappa shape index (κ3) is 2.15. The van der Waals surface area contributed by atoms with Crippen LogP contribution in [0.15, 0.2) is 18.2 Å². The molecule has 1 aliphatic heterocycles. The van der Waals surface area contributed by atoms with Crippen LogP contribution < -0.4 is 10.6 Å². The Morgan fingerprint density at radius 2 is 2.27 bits per heavy atom. The molecule has 4 heteroatoms. The van der Waals surface area contributed by atoms with Gasteiger partial charge in [0.2, 0.25) is 0 Å². The summed E-state index contributed by atoms with van der Waals surface area (Å²) < 4.78 is 13.4. The molecule has 1 aromatic carbocycles. The number of hydrogen-bond donors (Lipinski definition) is 2. The van der Waals surface area contributed by atoms with Crippen LogP contribution in [0.5, 0.6) is 0 Å². The number of carbonyl (C=O) groups is 1. The molecule has 0 aliphatic carbocycles. The van der Waals surface area contributed by atoms with E-state index in [-0.39, 0.29) is 17.5 Å². The van der Waals surface area contributed by atoms with E-state index in [0.717, 1.165) is 18.7 Å².